The van der Waals surface area contributed by atoms with E-state index < -0.39 is 0 Å². The molecule has 0 amide bonds. The molecule has 0 aliphatic rings. The summed E-state index contributed by atoms with van der Waals surface area (Å²) in [5.41, 5.74) is 1.54. The van der Waals surface area contributed by atoms with Gasteiger partial charge in [-0.1, -0.05) is 12.7 Å². The second-order valence-corrected chi connectivity index (χ2v) is 3.68. The molecule has 0 N–H and O–H groups in total. The Hall–Kier alpha value is -1.57. The smallest absolute Gasteiger partial charge is 0.159 e. The fraction of sp³-hybridized carbons (Fsp3) is 0.308. The van der Waals surface area contributed by atoms with E-state index in [9.17, 15) is 4.79 Å². The minimum absolute atomic E-state index is 0.0502. The van der Waals surface area contributed by atoms with Crippen LogP contribution in [0.5, 0.6) is 5.75 Å². The number of benzene rings is 1. The molecular formula is C13H16O2. The standard InChI is InChI=1S/C13H16O2/c1-5-11-8-12(10(4)14)6-7-13(11)15-9(2)3/h5-9H,1H2,2-4H3. The van der Waals surface area contributed by atoms with Gasteiger partial charge < -0.3 is 4.74 Å². The fourth-order valence-corrected chi connectivity index (χ4v) is 1.29. The van der Waals surface area contributed by atoms with E-state index in [1.165, 1.54) is 0 Å². The van der Waals surface area contributed by atoms with Crippen molar-refractivity contribution in [1.82, 2.24) is 0 Å². The molecule has 0 fully saturated rings. The van der Waals surface area contributed by atoms with Crippen molar-refractivity contribution >= 4 is 11.9 Å². The lowest BCUT2D eigenvalue weighted by Gasteiger charge is -2.12. The second kappa shape index (κ2) is 4.78. The number of ketones is 1. The van der Waals surface area contributed by atoms with Gasteiger partial charge in [0.2, 0.25) is 0 Å². The minimum atomic E-state index is 0.0502. The van der Waals surface area contributed by atoms with Crippen LogP contribution in [0.4, 0.5) is 0 Å². The summed E-state index contributed by atoms with van der Waals surface area (Å²) >= 11 is 0. The maximum atomic E-state index is 11.2. The van der Waals surface area contributed by atoms with Crippen LogP contribution in [0.25, 0.3) is 6.08 Å². The van der Waals surface area contributed by atoms with Crippen molar-refractivity contribution in [1.29, 1.82) is 0 Å². The number of rotatable bonds is 4. The summed E-state index contributed by atoms with van der Waals surface area (Å²) in [5.74, 6) is 0.819. The van der Waals surface area contributed by atoms with Crippen LogP contribution in [-0.2, 0) is 0 Å². The van der Waals surface area contributed by atoms with E-state index in [2.05, 4.69) is 6.58 Å². The number of carbonyl (C=O) groups excluding carboxylic acids is 1. The van der Waals surface area contributed by atoms with Crippen molar-refractivity contribution < 1.29 is 9.53 Å². The molecule has 0 bridgehead atoms. The minimum Gasteiger partial charge on any atom is -0.490 e. The summed E-state index contributed by atoms with van der Waals surface area (Å²) in [5, 5.41) is 0. The number of ether oxygens (including phenoxy) is 1. The van der Waals surface area contributed by atoms with Gasteiger partial charge in [0.25, 0.3) is 0 Å². The van der Waals surface area contributed by atoms with E-state index in [0.29, 0.717) is 5.56 Å². The molecule has 80 valence electrons. The van der Waals surface area contributed by atoms with E-state index in [1.807, 2.05) is 19.9 Å². The average Bonchev–Trinajstić information content (AvgIpc) is 2.17. The average molecular weight is 204 g/mol. The maximum Gasteiger partial charge on any atom is 0.159 e. The topological polar surface area (TPSA) is 26.3 Å². The first-order valence-corrected chi connectivity index (χ1v) is 4.98. The molecule has 0 heterocycles. The molecule has 1 aromatic rings. The largest absolute Gasteiger partial charge is 0.490 e. The van der Waals surface area contributed by atoms with Crippen LogP contribution < -0.4 is 4.74 Å². The predicted molar refractivity (Wildman–Crippen MR) is 62.3 cm³/mol. The Kier molecular flexibility index (Phi) is 3.67. The molecule has 0 unspecified atom stereocenters. The maximum absolute atomic E-state index is 11.2. The van der Waals surface area contributed by atoms with Gasteiger partial charge in [0.05, 0.1) is 6.10 Å². The number of hydrogen-bond acceptors (Lipinski definition) is 2. The third-order valence-electron chi connectivity index (χ3n) is 2.00. The Bertz CT molecular complexity index is 378. The van der Waals surface area contributed by atoms with Crippen molar-refractivity contribution in [3.63, 3.8) is 0 Å². The third-order valence-corrected chi connectivity index (χ3v) is 2.00. The van der Waals surface area contributed by atoms with E-state index in [4.69, 9.17) is 4.74 Å². The lowest BCUT2D eigenvalue weighted by molar-refractivity contribution is 0.101. The second-order valence-electron chi connectivity index (χ2n) is 3.68. The zero-order valence-corrected chi connectivity index (χ0v) is 9.41. The van der Waals surface area contributed by atoms with Crippen molar-refractivity contribution in [3.05, 3.63) is 35.9 Å². The molecule has 0 aliphatic carbocycles. The fourth-order valence-electron chi connectivity index (χ4n) is 1.29. The van der Waals surface area contributed by atoms with Gasteiger partial charge in [-0.3, -0.25) is 4.79 Å². The van der Waals surface area contributed by atoms with Crippen LogP contribution in [0.15, 0.2) is 24.8 Å². The van der Waals surface area contributed by atoms with Crippen LogP contribution >= 0.6 is 0 Å². The number of hydrogen-bond donors (Lipinski definition) is 0. The van der Waals surface area contributed by atoms with Crippen molar-refractivity contribution in [3.8, 4) is 5.75 Å². The number of Topliss-reactive ketones (excluding diaryl/α,β-unsaturated/α-hetero) is 1. The molecular weight excluding hydrogens is 188 g/mol. The SMILES string of the molecule is C=Cc1cc(C(C)=O)ccc1OC(C)C. The van der Waals surface area contributed by atoms with E-state index >= 15 is 0 Å². The molecule has 1 rings (SSSR count). The third kappa shape index (κ3) is 2.94. The zero-order valence-electron chi connectivity index (χ0n) is 9.41. The first-order chi connectivity index (χ1) is 7.04. The van der Waals surface area contributed by atoms with Crippen LogP contribution in [0.3, 0.4) is 0 Å². The molecule has 0 radical (unpaired) electrons. The van der Waals surface area contributed by atoms with Crippen LogP contribution in [0.2, 0.25) is 0 Å². The predicted octanol–water partition coefficient (Wildman–Crippen LogP) is 3.32. The Morgan fingerprint density at radius 1 is 1.47 bits per heavy atom. The summed E-state index contributed by atoms with van der Waals surface area (Å²) in [4.78, 5) is 11.2. The lowest BCUT2D eigenvalue weighted by Crippen LogP contribution is -2.07. The normalized spacial score (nSPS) is 10.1. The molecule has 1 aromatic carbocycles. The van der Waals surface area contributed by atoms with Crippen molar-refractivity contribution in [2.75, 3.05) is 0 Å². The highest BCUT2D eigenvalue weighted by molar-refractivity contribution is 5.94. The van der Waals surface area contributed by atoms with Crippen molar-refractivity contribution in [2.24, 2.45) is 0 Å². The lowest BCUT2D eigenvalue weighted by atomic mass is 10.1. The highest BCUT2D eigenvalue weighted by Crippen LogP contribution is 2.22. The van der Waals surface area contributed by atoms with Gasteiger partial charge >= 0.3 is 0 Å². The molecule has 0 spiro atoms. The van der Waals surface area contributed by atoms with E-state index in [-0.39, 0.29) is 11.9 Å². The molecule has 0 saturated carbocycles. The molecule has 0 saturated heterocycles. The molecule has 2 heteroatoms. The van der Waals surface area contributed by atoms with Crippen LogP contribution in [-0.4, -0.2) is 11.9 Å². The molecule has 0 aliphatic heterocycles. The Morgan fingerprint density at radius 2 is 2.13 bits per heavy atom. The molecule has 15 heavy (non-hydrogen) atoms. The van der Waals surface area contributed by atoms with Crippen LogP contribution in [0.1, 0.15) is 36.7 Å². The summed E-state index contributed by atoms with van der Waals surface area (Å²) < 4.78 is 5.59. The van der Waals surface area contributed by atoms with Gasteiger partial charge in [-0.2, -0.15) is 0 Å². The summed E-state index contributed by atoms with van der Waals surface area (Å²) in [7, 11) is 0. The van der Waals surface area contributed by atoms with Gasteiger partial charge in [0.1, 0.15) is 5.75 Å². The van der Waals surface area contributed by atoms with Gasteiger partial charge in [-0.05, 0) is 39.0 Å². The molecule has 0 aromatic heterocycles. The Labute approximate surface area is 90.6 Å². The first-order valence-electron chi connectivity index (χ1n) is 4.98. The molecule has 2 nitrogen and oxygen atoms in total. The summed E-state index contributed by atoms with van der Waals surface area (Å²) in [6.45, 7) is 9.18. The quantitative estimate of drug-likeness (QED) is 0.703. The summed E-state index contributed by atoms with van der Waals surface area (Å²) in [6.07, 6.45) is 1.82. The summed E-state index contributed by atoms with van der Waals surface area (Å²) in [6, 6.07) is 5.38. The van der Waals surface area contributed by atoms with Gasteiger partial charge in [-0.25, -0.2) is 0 Å². The van der Waals surface area contributed by atoms with E-state index in [0.717, 1.165) is 11.3 Å². The number of carbonyl (C=O) groups is 1. The molecule has 0 atom stereocenters. The monoisotopic (exact) mass is 204 g/mol. The Morgan fingerprint density at radius 3 is 2.60 bits per heavy atom. The zero-order chi connectivity index (χ0) is 11.4. The highest BCUT2D eigenvalue weighted by Gasteiger charge is 2.06. The van der Waals surface area contributed by atoms with Gasteiger partial charge in [-0.15, -0.1) is 0 Å². The Balaban J connectivity index is 3.09. The van der Waals surface area contributed by atoms with Gasteiger partial charge in [0, 0.05) is 11.1 Å². The highest BCUT2D eigenvalue weighted by atomic mass is 16.5. The van der Waals surface area contributed by atoms with Crippen LogP contribution in [0, 0.1) is 0 Å². The van der Waals surface area contributed by atoms with E-state index in [1.54, 1.807) is 25.1 Å². The van der Waals surface area contributed by atoms with Gasteiger partial charge in [0.15, 0.2) is 5.78 Å². The van der Waals surface area contributed by atoms with Crippen molar-refractivity contribution in [2.45, 2.75) is 26.9 Å². The first kappa shape index (κ1) is 11.5.